The summed E-state index contributed by atoms with van der Waals surface area (Å²) >= 11 is 0. The molecule has 2 aromatic carbocycles. The number of nitrogens with zero attached hydrogens (tertiary/aromatic N) is 4. The fraction of sp³-hybridized carbons (Fsp3) is 0.263. The highest BCUT2D eigenvalue weighted by Crippen LogP contribution is 2.21. The van der Waals surface area contributed by atoms with Gasteiger partial charge in [0, 0.05) is 25.3 Å². The standard InChI is InChI=1S/C19H22N6O2S/c1-28(26,27)22-16-7-5-6-15(10-16)20-17-11-24(12-17)13-18-14-25(23-21-18)19-8-3-2-4-9-19/h2-10,14,17,20,22H,11-13H2,1H3. The summed E-state index contributed by atoms with van der Waals surface area (Å²) in [6.45, 7) is 2.53. The van der Waals surface area contributed by atoms with Crippen molar-refractivity contribution < 1.29 is 8.42 Å². The monoisotopic (exact) mass is 398 g/mol. The number of hydrogen-bond acceptors (Lipinski definition) is 6. The highest BCUT2D eigenvalue weighted by Gasteiger charge is 2.27. The van der Waals surface area contributed by atoms with Gasteiger partial charge >= 0.3 is 0 Å². The van der Waals surface area contributed by atoms with Crippen molar-refractivity contribution in [3.05, 3.63) is 66.5 Å². The van der Waals surface area contributed by atoms with Crippen LogP contribution in [0.1, 0.15) is 5.69 Å². The Morgan fingerprint density at radius 1 is 1.07 bits per heavy atom. The van der Waals surface area contributed by atoms with Gasteiger partial charge in [-0.2, -0.15) is 0 Å². The molecular weight excluding hydrogens is 376 g/mol. The van der Waals surface area contributed by atoms with Gasteiger partial charge in [-0.1, -0.05) is 29.5 Å². The Morgan fingerprint density at radius 2 is 1.82 bits per heavy atom. The smallest absolute Gasteiger partial charge is 0.229 e. The van der Waals surface area contributed by atoms with Crippen molar-refractivity contribution in [3.8, 4) is 5.69 Å². The minimum absolute atomic E-state index is 0.317. The SMILES string of the molecule is CS(=O)(=O)Nc1cccc(NC2CN(Cc3cn(-c4ccccc4)nn3)C2)c1. The van der Waals surface area contributed by atoms with Crippen LogP contribution in [0.5, 0.6) is 0 Å². The van der Waals surface area contributed by atoms with Crippen molar-refractivity contribution >= 4 is 21.4 Å². The van der Waals surface area contributed by atoms with Crippen LogP contribution in [-0.2, 0) is 16.6 Å². The molecule has 0 radical (unpaired) electrons. The lowest BCUT2D eigenvalue weighted by Gasteiger charge is -2.39. The molecule has 0 aliphatic carbocycles. The van der Waals surface area contributed by atoms with Gasteiger partial charge in [0.15, 0.2) is 0 Å². The summed E-state index contributed by atoms with van der Waals surface area (Å²) in [5.41, 5.74) is 3.38. The van der Waals surface area contributed by atoms with E-state index in [2.05, 4.69) is 25.3 Å². The fourth-order valence-corrected chi connectivity index (χ4v) is 3.77. The van der Waals surface area contributed by atoms with Crippen LogP contribution in [0.15, 0.2) is 60.8 Å². The molecule has 0 spiro atoms. The number of likely N-dealkylation sites (tertiary alicyclic amines) is 1. The van der Waals surface area contributed by atoms with Crippen LogP contribution in [-0.4, -0.2) is 53.7 Å². The van der Waals surface area contributed by atoms with Crippen molar-refractivity contribution in [1.82, 2.24) is 19.9 Å². The number of sulfonamides is 1. The molecule has 1 aliphatic heterocycles. The Bertz CT molecular complexity index is 1050. The number of anilines is 2. The van der Waals surface area contributed by atoms with Gasteiger partial charge in [0.25, 0.3) is 0 Å². The average molecular weight is 398 g/mol. The molecule has 0 amide bonds. The third kappa shape index (κ3) is 4.68. The molecule has 8 nitrogen and oxygen atoms in total. The fourth-order valence-electron chi connectivity index (χ4n) is 3.22. The zero-order valence-electron chi connectivity index (χ0n) is 15.5. The Kier molecular flexibility index (Phi) is 5.01. The third-order valence-electron chi connectivity index (χ3n) is 4.44. The van der Waals surface area contributed by atoms with Gasteiger partial charge in [0.1, 0.15) is 0 Å². The van der Waals surface area contributed by atoms with Crippen molar-refractivity contribution in [3.63, 3.8) is 0 Å². The Hall–Kier alpha value is -2.91. The van der Waals surface area contributed by atoms with E-state index in [9.17, 15) is 8.42 Å². The van der Waals surface area contributed by atoms with E-state index >= 15 is 0 Å². The van der Waals surface area contributed by atoms with Crippen LogP contribution < -0.4 is 10.0 Å². The molecule has 0 saturated carbocycles. The second-order valence-corrected chi connectivity index (χ2v) is 8.73. The van der Waals surface area contributed by atoms with E-state index in [0.717, 1.165) is 43.0 Å². The maximum Gasteiger partial charge on any atom is 0.229 e. The summed E-state index contributed by atoms with van der Waals surface area (Å²) in [6, 6.07) is 17.5. The van der Waals surface area contributed by atoms with Crippen LogP contribution in [0, 0.1) is 0 Å². The minimum atomic E-state index is -3.28. The normalized spacial score (nSPS) is 15.2. The number of hydrogen-bond donors (Lipinski definition) is 2. The summed E-state index contributed by atoms with van der Waals surface area (Å²) < 4.78 is 27.0. The van der Waals surface area contributed by atoms with Gasteiger partial charge in [-0.15, -0.1) is 5.10 Å². The lowest BCUT2D eigenvalue weighted by atomic mass is 10.1. The highest BCUT2D eigenvalue weighted by atomic mass is 32.2. The van der Waals surface area contributed by atoms with E-state index in [1.165, 1.54) is 0 Å². The Balaban J connectivity index is 1.29. The predicted molar refractivity (Wildman–Crippen MR) is 109 cm³/mol. The van der Waals surface area contributed by atoms with Crippen LogP contribution >= 0.6 is 0 Å². The molecular formula is C19H22N6O2S. The molecule has 3 aromatic rings. The molecule has 1 saturated heterocycles. The van der Waals surface area contributed by atoms with E-state index < -0.39 is 10.0 Å². The van der Waals surface area contributed by atoms with Crippen molar-refractivity contribution in [2.75, 3.05) is 29.4 Å². The molecule has 146 valence electrons. The quantitative estimate of drug-likeness (QED) is 0.632. The molecule has 1 aromatic heterocycles. The summed E-state index contributed by atoms with van der Waals surface area (Å²) in [4.78, 5) is 2.29. The lowest BCUT2D eigenvalue weighted by molar-refractivity contribution is 0.151. The molecule has 0 unspecified atom stereocenters. The number of nitrogens with one attached hydrogen (secondary N) is 2. The summed E-state index contributed by atoms with van der Waals surface area (Å²) in [7, 11) is -3.28. The topological polar surface area (TPSA) is 92.2 Å². The van der Waals surface area contributed by atoms with Crippen LogP contribution in [0.25, 0.3) is 5.69 Å². The van der Waals surface area contributed by atoms with E-state index in [4.69, 9.17) is 0 Å². The summed E-state index contributed by atoms with van der Waals surface area (Å²) in [5, 5.41) is 11.9. The number of benzene rings is 2. The average Bonchev–Trinajstić information content (AvgIpc) is 3.08. The third-order valence-corrected chi connectivity index (χ3v) is 5.05. The molecule has 4 rings (SSSR count). The molecule has 1 fully saturated rings. The van der Waals surface area contributed by atoms with Crippen LogP contribution in [0.4, 0.5) is 11.4 Å². The number of para-hydroxylation sites is 1. The maximum absolute atomic E-state index is 11.4. The second-order valence-electron chi connectivity index (χ2n) is 6.98. The molecule has 1 aliphatic rings. The molecule has 9 heteroatoms. The zero-order chi connectivity index (χ0) is 19.6. The van der Waals surface area contributed by atoms with Crippen LogP contribution in [0.2, 0.25) is 0 Å². The van der Waals surface area contributed by atoms with Crippen molar-refractivity contribution in [2.45, 2.75) is 12.6 Å². The number of rotatable bonds is 7. The van der Waals surface area contributed by atoms with Crippen LogP contribution in [0.3, 0.4) is 0 Å². The molecule has 0 bridgehead atoms. The van der Waals surface area contributed by atoms with Gasteiger partial charge < -0.3 is 5.32 Å². The Morgan fingerprint density at radius 3 is 2.57 bits per heavy atom. The van der Waals surface area contributed by atoms with Crippen molar-refractivity contribution in [1.29, 1.82) is 0 Å². The minimum Gasteiger partial charge on any atom is -0.380 e. The Labute approximate surface area is 164 Å². The van der Waals surface area contributed by atoms with Gasteiger partial charge in [0.2, 0.25) is 10.0 Å². The largest absolute Gasteiger partial charge is 0.380 e. The maximum atomic E-state index is 11.4. The predicted octanol–water partition coefficient (Wildman–Crippen LogP) is 1.94. The highest BCUT2D eigenvalue weighted by molar-refractivity contribution is 7.92. The summed E-state index contributed by atoms with van der Waals surface area (Å²) in [5.74, 6) is 0. The first kappa shape index (κ1) is 18.5. The first-order valence-electron chi connectivity index (χ1n) is 8.98. The lowest BCUT2D eigenvalue weighted by Crippen LogP contribution is -2.54. The zero-order valence-corrected chi connectivity index (χ0v) is 16.3. The molecule has 2 heterocycles. The van der Waals surface area contributed by atoms with Gasteiger partial charge in [0.05, 0.1) is 35.6 Å². The first-order valence-corrected chi connectivity index (χ1v) is 10.9. The van der Waals surface area contributed by atoms with Gasteiger partial charge in [-0.3, -0.25) is 9.62 Å². The van der Waals surface area contributed by atoms with Gasteiger partial charge in [-0.25, -0.2) is 13.1 Å². The van der Waals surface area contributed by atoms with E-state index in [1.54, 1.807) is 16.8 Å². The summed E-state index contributed by atoms with van der Waals surface area (Å²) in [6.07, 6.45) is 3.10. The molecule has 28 heavy (non-hydrogen) atoms. The van der Waals surface area contributed by atoms with Crippen molar-refractivity contribution in [2.24, 2.45) is 0 Å². The molecule has 2 N–H and O–H groups in total. The van der Waals surface area contributed by atoms with E-state index in [0.29, 0.717) is 11.7 Å². The van der Waals surface area contributed by atoms with E-state index in [-0.39, 0.29) is 0 Å². The number of aromatic nitrogens is 3. The van der Waals surface area contributed by atoms with E-state index in [1.807, 2.05) is 48.7 Å². The van der Waals surface area contributed by atoms with Gasteiger partial charge in [-0.05, 0) is 30.3 Å². The first-order chi connectivity index (χ1) is 13.4. The second kappa shape index (κ2) is 7.61. The molecule has 0 atom stereocenters.